The predicted octanol–water partition coefficient (Wildman–Crippen LogP) is 1.12. The van der Waals surface area contributed by atoms with E-state index in [9.17, 15) is 14.2 Å². The third-order valence-electron chi connectivity index (χ3n) is 2.34. The maximum absolute atomic E-state index is 13.1. The molecule has 0 radical (unpaired) electrons. The molecule has 1 heterocycles. The van der Waals surface area contributed by atoms with Gasteiger partial charge in [0.1, 0.15) is 22.8 Å². The summed E-state index contributed by atoms with van der Waals surface area (Å²) in [4.78, 5) is 11.1. The fourth-order valence-corrected chi connectivity index (χ4v) is 1.58. The van der Waals surface area contributed by atoms with Crippen LogP contribution in [0.5, 0.6) is 11.5 Å². The highest BCUT2D eigenvalue weighted by Crippen LogP contribution is 2.37. The van der Waals surface area contributed by atoms with Crippen molar-refractivity contribution >= 4 is 19.2 Å². The molecular weight excluding hydrogens is 230 g/mol. The minimum Gasteiger partial charge on any atom is -0.530 e. The number of benzene rings is 1. The Labute approximate surface area is 96.2 Å². The van der Waals surface area contributed by atoms with E-state index in [1.165, 1.54) is 19.2 Å². The molecule has 0 saturated heterocycles. The molecule has 17 heavy (non-hydrogen) atoms. The van der Waals surface area contributed by atoms with E-state index in [1.807, 2.05) is 0 Å². The SMILES string of the molecule is COc1ccc2c(c1C(=O)O)OB(O)C(F)=C2. The normalized spacial score (nSPS) is 13.6. The number of methoxy groups -OCH3 is 1. The Morgan fingerprint density at radius 1 is 1.53 bits per heavy atom. The molecule has 7 heteroatoms. The molecule has 0 fully saturated rings. The molecule has 0 atom stereocenters. The van der Waals surface area contributed by atoms with Crippen molar-refractivity contribution in [1.82, 2.24) is 0 Å². The van der Waals surface area contributed by atoms with Crippen LogP contribution < -0.4 is 9.39 Å². The second-order valence-corrected chi connectivity index (χ2v) is 3.37. The van der Waals surface area contributed by atoms with Gasteiger partial charge in [-0.2, -0.15) is 0 Å². The van der Waals surface area contributed by atoms with Gasteiger partial charge in [0.2, 0.25) is 0 Å². The number of rotatable bonds is 2. The van der Waals surface area contributed by atoms with Crippen molar-refractivity contribution in [3.05, 3.63) is 29.0 Å². The summed E-state index contributed by atoms with van der Waals surface area (Å²) in [7, 11) is -0.475. The smallest absolute Gasteiger partial charge is 0.530 e. The number of carbonyl (C=O) groups is 1. The van der Waals surface area contributed by atoms with Crippen LogP contribution in [0.3, 0.4) is 0 Å². The average Bonchev–Trinajstić information content (AvgIpc) is 2.29. The van der Waals surface area contributed by atoms with E-state index < -0.39 is 18.8 Å². The second kappa shape index (κ2) is 4.10. The number of hydrogen-bond donors (Lipinski definition) is 2. The fourth-order valence-electron chi connectivity index (χ4n) is 1.58. The zero-order valence-corrected chi connectivity index (χ0v) is 8.81. The highest BCUT2D eigenvalue weighted by molar-refractivity contribution is 6.54. The lowest BCUT2D eigenvalue weighted by atomic mass is 9.83. The minimum absolute atomic E-state index is 0.0826. The molecule has 2 rings (SSSR count). The van der Waals surface area contributed by atoms with E-state index >= 15 is 0 Å². The van der Waals surface area contributed by atoms with Crippen LogP contribution in [0.25, 0.3) is 6.08 Å². The van der Waals surface area contributed by atoms with Crippen LogP contribution in [0, 0.1) is 0 Å². The van der Waals surface area contributed by atoms with Gasteiger partial charge in [-0.15, -0.1) is 0 Å². The number of carboxylic acids is 1. The van der Waals surface area contributed by atoms with Crippen LogP contribution in [0.4, 0.5) is 4.39 Å². The molecule has 88 valence electrons. The summed E-state index contributed by atoms with van der Waals surface area (Å²) in [6.45, 7) is 0. The number of aromatic carboxylic acids is 1. The molecular formula is C10H8BFO5. The maximum atomic E-state index is 13.1. The van der Waals surface area contributed by atoms with Gasteiger partial charge in [-0.25, -0.2) is 9.18 Å². The van der Waals surface area contributed by atoms with Gasteiger partial charge in [0.05, 0.1) is 7.11 Å². The Morgan fingerprint density at radius 3 is 2.82 bits per heavy atom. The Morgan fingerprint density at radius 2 is 2.24 bits per heavy atom. The maximum Gasteiger partial charge on any atom is 0.590 e. The van der Waals surface area contributed by atoms with Gasteiger partial charge in [0, 0.05) is 5.56 Å². The molecule has 0 bridgehead atoms. The third-order valence-corrected chi connectivity index (χ3v) is 2.34. The van der Waals surface area contributed by atoms with E-state index in [0.717, 1.165) is 6.08 Å². The Balaban J connectivity index is 2.66. The van der Waals surface area contributed by atoms with Crippen LogP contribution in [-0.2, 0) is 0 Å². The van der Waals surface area contributed by atoms with Crippen LogP contribution in [0.2, 0.25) is 0 Å². The van der Waals surface area contributed by atoms with Crippen LogP contribution in [0.15, 0.2) is 17.9 Å². The van der Waals surface area contributed by atoms with Crippen molar-refractivity contribution in [2.45, 2.75) is 0 Å². The fraction of sp³-hybridized carbons (Fsp3) is 0.100. The molecule has 1 aromatic carbocycles. The highest BCUT2D eigenvalue weighted by atomic mass is 19.1. The highest BCUT2D eigenvalue weighted by Gasteiger charge is 2.32. The molecule has 1 aliphatic rings. The molecule has 5 nitrogen and oxygen atoms in total. The molecule has 0 unspecified atom stereocenters. The van der Waals surface area contributed by atoms with Crippen molar-refractivity contribution in [2.75, 3.05) is 7.11 Å². The first-order chi connectivity index (χ1) is 8.04. The molecule has 2 N–H and O–H groups in total. The van der Waals surface area contributed by atoms with Crippen LogP contribution >= 0.6 is 0 Å². The molecule has 0 saturated carbocycles. The van der Waals surface area contributed by atoms with Crippen molar-refractivity contribution in [1.29, 1.82) is 0 Å². The summed E-state index contributed by atoms with van der Waals surface area (Å²) < 4.78 is 22.8. The Bertz CT molecular complexity index is 514. The first kappa shape index (κ1) is 11.5. The quantitative estimate of drug-likeness (QED) is 0.755. The second-order valence-electron chi connectivity index (χ2n) is 3.37. The first-order valence-electron chi connectivity index (χ1n) is 4.70. The number of hydrogen-bond acceptors (Lipinski definition) is 4. The Hall–Kier alpha value is -2.02. The average molecular weight is 238 g/mol. The first-order valence-corrected chi connectivity index (χ1v) is 4.70. The van der Waals surface area contributed by atoms with E-state index in [-0.39, 0.29) is 22.6 Å². The number of halogens is 1. The molecule has 1 aliphatic heterocycles. The minimum atomic E-state index is -1.78. The van der Waals surface area contributed by atoms with Gasteiger partial charge in [0.25, 0.3) is 0 Å². The topological polar surface area (TPSA) is 76.0 Å². The van der Waals surface area contributed by atoms with Crippen molar-refractivity contribution in [2.24, 2.45) is 0 Å². The summed E-state index contributed by atoms with van der Waals surface area (Å²) in [5.74, 6) is -1.30. The zero-order valence-electron chi connectivity index (χ0n) is 8.81. The predicted molar refractivity (Wildman–Crippen MR) is 57.6 cm³/mol. The van der Waals surface area contributed by atoms with Crippen LogP contribution in [-0.4, -0.2) is 30.3 Å². The van der Waals surface area contributed by atoms with Gasteiger partial charge in [-0.05, 0) is 18.2 Å². The lowest BCUT2D eigenvalue weighted by Gasteiger charge is -2.19. The summed E-state index contributed by atoms with van der Waals surface area (Å²) in [6.07, 6.45) is 1.02. The summed E-state index contributed by atoms with van der Waals surface area (Å²) in [5, 5.41) is 18.2. The van der Waals surface area contributed by atoms with E-state index in [1.54, 1.807) is 0 Å². The third kappa shape index (κ3) is 1.85. The molecule has 1 aromatic rings. The van der Waals surface area contributed by atoms with Gasteiger partial charge in [-0.3, -0.25) is 0 Å². The van der Waals surface area contributed by atoms with Crippen LogP contribution in [0.1, 0.15) is 15.9 Å². The number of carboxylic acid groups (broad SMARTS) is 1. The summed E-state index contributed by atoms with van der Waals surface area (Å²) >= 11 is 0. The van der Waals surface area contributed by atoms with Crippen molar-refractivity contribution in [3.8, 4) is 11.5 Å². The van der Waals surface area contributed by atoms with Gasteiger partial charge in [0.15, 0.2) is 0 Å². The summed E-state index contributed by atoms with van der Waals surface area (Å²) in [6, 6.07) is 2.85. The molecule has 0 aliphatic carbocycles. The van der Waals surface area contributed by atoms with E-state index in [2.05, 4.69) is 0 Å². The molecule has 0 aromatic heterocycles. The number of fused-ring (bicyclic) bond motifs is 1. The number of ether oxygens (including phenoxy) is 1. The standard InChI is InChI=1S/C10H8BFO5/c1-16-6-3-2-5-4-7(12)11(15)17-9(5)8(6)10(13)14/h2-4,15H,1H3,(H,13,14). The van der Waals surface area contributed by atoms with E-state index in [4.69, 9.17) is 14.5 Å². The zero-order chi connectivity index (χ0) is 12.6. The van der Waals surface area contributed by atoms with Gasteiger partial charge in [-0.1, -0.05) is 0 Å². The summed E-state index contributed by atoms with van der Waals surface area (Å²) in [5.41, 5.74) is -0.877. The van der Waals surface area contributed by atoms with Gasteiger partial charge < -0.3 is 19.5 Å². The Kier molecular flexibility index (Phi) is 2.77. The molecule has 0 amide bonds. The monoisotopic (exact) mass is 238 g/mol. The lowest BCUT2D eigenvalue weighted by Crippen LogP contribution is -2.27. The lowest BCUT2D eigenvalue weighted by molar-refractivity contribution is 0.0691. The molecule has 0 spiro atoms. The van der Waals surface area contributed by atoms with E-state index in [0.29, 0.717) is 0 Å². The van der Waals surface area contributed by atoms with Crippen molar-refractivity contribution in [3.63, 3.8) is 0 Å². The van der Waals surface area contributed by atoms with Crippen molar-refractivity contribution < 1.29 is 28.7 Å². The van der Waals surface area contributed by atoms with Gasteiger partial charge >= 0.3 is 13.1 Å². The largest absolute Gasteiger partial charge is 0.590 e.